The van der Waals surface area contributed by atoms with Crippen LogP contribution in [0, 0.1) is 11.3 Å². The Morgan fingerprint density at radius 2 is 1.74 bits per heavy atom. The Balaban J connectivity index is 2.65. The minimum atomic E-state index is 0.438. The van der Waals surface area contributed by atoms with E-state index >= 15 is 0 Å². The van der Waals surface area contributed by atoms with Crippen LogP contribution in [0.3, 0.4) is 0 Å². The molecule has 0 N–H and O–H groups in total. The summed E-state index contributed by atoms with van der Waals surface area (Å²) in [6, 6.07) is 0.723. The fourth-order valence-electron chi connectivity index (χ4n) is 3.88. The van der Waals surface area contributed by atoms with E-state index in [1.165, 1.54) is 45.3 Å². The third-order valence-corrected chi connectivity index (χ3v) is 5.44. The van der Waals surface area contributed by atoms with Crippen molar-refractivity contribution in [1.82, 2.24) is 9.80 Å². The van der Waals surface area contributed by atoms with Crippen molar-refractivity contribution in [3.63, 3.8) is 0 Å². The molecule has 0 saturated carbocycles. The van der Waals surface area contributed by atoms with E-state index in [4.69, 9.17) is 12.6 Å². The second-order valence-electron chi connectivity index (χ2n) is 6.86. The Kier molecular flexibility index (Phi) is 7.20. The van der Waals surface area contributed by atoms with Gasteiger partial charge in [0, 0.05) is 25.7 Å². The average Bonchev–Trinajstić information content (AvgIpc) is 2.70. The fraction of sp³-hybridized carbons (Fsp3) is 1.00. The molecule has 2 unspecified atom stereocenters. The molecule has 1 rings (SSSR count). The Labute approximate surface area is 126 Å². The van der Waals surface area contributed by atoms with E-state index < -0.39 is 0 Å². The SMILES string of the molecule is CCCC(CS)(CCC)CN1CC(C)C(N(C)C)C1. The van der Waals surface area contributed by atoms with Gasteiger partial charge < -0.3 is 9.80 Å². The number of rotatable bonds is 8. The standard InChI is InChI=1S/C16H34N2S/c1-6-8-16(13-19,9-7-2)12-18-10-14(3)15(11-18)17(4)5/h14-15,19H,6-13H2,1-5H3. The fourth-order valence-corrected chi connectivity index (χ4v) is 4.29. The molecule has 0 spiro atoms. The molecule has 0 aromatic carbocycles. The number of nitrogens with zero attached hydrogens (tertiary/aromatic N) is 2. The summed E-state index contributed by atoms with van der Waals surface area (Å²) >= 11 is 4.69. The van der Waals surface area contributed by atoms with Crippen molar-refractivity contribution >= 4 is 12.6 Å². The van der Waals surface area contributed by atoms with E-state index in [1.54, 1.807) is 0 Å². The first kappa shape index (κ1) is 17.3. The van der Waals surface area contributed by atoms with Crippen LogP contribution < -0.4 is 0 Å². The van der Waals surface area contributed by atoms with E-state index in [9.17, 15) is 0 Å². The lowest BCUT2D eigenvalue weighted by molar-refractivity contribution is 0.160. The van der Waals surface area contributed by atoms with Crippen LogP contribution in [0.25, 0.3) is 0 Å². The van der Waals surface area contributed by atoms with Crippen molar-refractivity contribution in [2.24, 2.45) is 11.3 Å². The second-order valence-corrected chi connectivity index (χ2v) is 7.18. The van der Waals surface area contributed by atoms with Crippen LogP contribution in [0.1, 0.15) is 46.5 Å². The maximum absolute atomic E-state index is 4.69. The Morgan fingerprint density at radius 3 is 2.11 bits per heavy atom. The summed E-state index contributed by atoms with van der Waals surface area (Å²) < 4.78 is 0. The van der Waals surface area contributed by atoms with Crippen LogP contribution in [-0.4, -0.2) is 55.3 Å². The molecular weight excluding hydrogens is 252 g/mol. The summed E-state index contributed by atoms with van der Waals surface area (Å²) in [5.41, 5.74) is 0.438. The van der Waals surface area contributed by atoms with Gasteiger partial charge in [-0.25, -0.2) is 0 Å². The number of likely N-dealkylation sites (tertiary alicyclic amines) is 1. The Morgan fingerprint density at radius 1 is 1.16 bits per heavy atom. The first-order valence-electron chi connectivity index (χ1n) is 7.97. The van der Waals surface area contributed by atoms with Gasteiger partial charge in [-0.3, -0.25) is 0 Å². The van der Waals surface area contributed by atoms with Crippen molar-refractivity contribution in [3.8, 4) is 0 Å². The summed E-state index contributed by atoms with van der Waals surface area (Å²) in [5.74, 6) is 1.82. The molecule has 1 fully saturated rings. The summed E-state index contributed by atoms with van der Waals surface area (Å²) in [4.78, 5) is 5.09. The van der Waals surface area contributed by atoms with Crippen molar-refractivity contribution in [3.05, 3.63) is 0 Å². The molecule has 19 heavy (non-hydrogen) atoms. The van der Waals surface area contributed by atoms with Gasteiger partial charge in [0.05, 0.1) is 0 Å². The molecule has 0 amide bonds. The highest BCUT2D eigenvalue weighted by Gasteiger charge is 2.36. The van der Waals surface area contributed by atoms with E-state index in [0.29, 0.717) is 5.41 Å². The first-order valence-corrected chi connectivity index (χ1v) is 8.61. The molecule has 3 heteroatoms. The van der Waals surface area contributed by atoms with Crippen molar-refractivity contribution < 1.29 is 0 Å². The van der Waals surface area contributed by atoms with Crippen molar-refractivity contribution in [2.75, 3.05) is 39.5 Å². The van der Waals surface area contributed by atoms with Crippen LogP contribution >= 0.6 is 12.6 Å². The van der Waals surface area contributed by atoms with Crippen molar-refractivity contribution in [2.45, 2.75) is 52.5 Å². The highest BCUT2D eigenvalue weighted by Crippen LogP contribution is 2.34. The number of hydrogen-bond acceptors (Lipinski definition) is 3. The van der Waals surface area contributed by atoms with Crippen LogP contribution in [-0.2, 0) is 0 Å². The molecule has 1 aliphatic heterocycles. The van der Waals surface area contributed by atoms with Gasteiger partial charge in [0.25, 0.3) is 0 Å². The van der Waals surface area contributed by atoms with E-state index in [1.807, 2.05) is 0 Å². The summed E-state index contributed by atoms with van der Waals surface area (Å²) in [5, 5.41) is 0. The molecular formula is C16H34N2S. The Bertz CT molecular complexity index is 249. The lowest BCUT2D eigenvalue weighted by Crippen LogP contribution is -2.40. The topological polar surface area (TPSA) is 6.48 Å². The van der Waals surface area contributed by atoms with E-state index in [0.717, 1.165) is 17.7 Å². The zero-order valence-corrected chi connectivity index (χ0v) is 14.5. The minimum absolute atomic E-state index is 0.438. The average molecular weight is 287 g/mol. The molecule has 2 nitrogen and oxygen atoms in total. The van der Waals surface area contributed by atoms with Crippen LogP contribution in [0.15, 0.2) is 0 Å². The van der Waals surface area contributed by atoms with Crippen LogP contribution in [0.4, 0.5) is 0 Å². The number of likely N-dealkylation sites (N-methyl/N-ethyl adjacent to an activating group) is 1. The van der Waals surface area contributed by atoms with E-state index in [-0.39, 0.29) is 0 Å². The maximum atomic E-state index is 4.69. The molecule has 0 bridgehead atoms. The lowest BCUT2D eigenvalue weighted by atomic mass is 9.80. The molecule has 0 aromatic heterocycles. The number of thiol groups is 1. The predicted octanol–water partition coefficient (Wildman–Crippen LogP) is 3.38. The molecule has 1 aliphatic rings. The van der Waals surface area contributed by atoms with Gasteiger partial charge >= 0.3 is 0 Å². The first-order chi connectivity index (χ1) is 8.98. The monoisotopic (exact) mass is 286 g/mol. The smallest absolute Gasteiger partial charge is 0.0254 e. The molecule has 1 heterocycles. The van der Waals surface area contributed by atoms with Gasteiger partial charge in [0.1, 0.15) is 0 Å². The molecule has 114 valence electrons. The summed E-state index contributed by atoms with van der Waals surface area (Å²) in [7, 11) is 4.43. The quantitative estimate of drug-likeness (QED) is 0.683. The van der Waals surface area contributed by atoms with Crippen LogP contribution in [0.5, 0.6) is 0 Å². The predicted molar refractivity (Wildman–Crippen MR) is 89.2 cm³/mol. The molecule has 0 aromatic rings. The maximum Gasteiger partial charge on any atom is 0.0254 e. The largest absolute Gasteiger partial charge is 0.305 e. The second kappa shape index (κ2) is 7.90. The van der Waals surface area contributed by atoms with Gasteiger partial charge in [-0.1, -0.05) is 33.6 Å². The molecule has 0 radical (unpaired) electrons. The van der Waals surface area contributed by atoms with Gasteiger partial charge in [-0.15, -0.1) is 0 Å². The summed E-state index contributed by atoms with van der Waals surface area (Å²) in [6.45, 7) is 10.7. The van der Waals surface area contributed by atoms with E-state index in [2.05, 4.69) is 44.7 Å². The molecule has 0 aliphatic carbocycles. The third-order valence-electron chi connectivity index (χ3n) is 4.77. The Hall–Kier alpha value is 0.270. The normalized spacial score (nSPS) is 25.4. The van der Waals surface area contributed by atoms with Crippen LogP contribution in [0.2, 0.25) is 0 Å². The highest BCUT2D eigenvalue weighted by molar-refractivity contribution is 7.80. The summed E-state index contributed by atoms with van der Waals surface area (Å²) in [6.07, 6.45) is 5.20. The molecule has 2 atom stereocenters. The van der Waals surface area contributed by atoms with Gasteiger partial charge in [0.2, 0.25) is 0 Å². The van der Waals surface area contributed by atoms with Gasteiger partial charge in [-0.2, -0.15) is 12.6 Å². The third kappa shape index (κ3) is 4.64. The number of hydrogen-bond donors (Lipinski definition) is 1. The zero-order valence-electron chi connectivity index (χ0n) is 13.7. The van der Waals surface area contributed by atoms with Gasteiger partial charge in [0.15, 0.2) is 0 Å². The molecule has 1 saturated heterocycles. The lowest BCUT2D eigenvalue weighted by Gasteiger charge is -2.36. The highest BCUT2D eigenvalue weighted by atomic mass is 32.1. The zero-order chi connectivity index (χ0) is 14.5. The van der Waals surface area contributed by atoms with Crippen molar-refractivity contribution in [1.29, 1.82) is 0 Å². The minimum Gasteiger partial charge on any atom is -0.305 e. The van der Waals surface area contributed by atoms with Gasteiger partial charge in [-0.05, 0) is 44.0 Å².